The molecule has 0 radical (unpaired) electrons. The van der Waals surface area contributed by atoms with Crippen LogP contribution in [0.25, 0.3) is 0 Å². The molecule has 1 atom stereocenters. The topological polar surface area (TPSA) is 23.6 Å². The molecule has 0 bridgehead atoms. The fourth-order valence-electron chi connectivity index (χ4n) is 1.72. The van der Waals surface area contributed by atoms with Gasteiger partial charge in [-0.25, -0.2) is 0 Å². The summed E-state index contributed by atoms with van der Waals surface area (Å²) >= 11 is 4.16. The molecule has 82 valence electrons. The van der Waals surface area contributed by atoms with Crippen LogP contribution in [-0.2, 0) is 4.79 Å². The molecule has 1 heterocycles. The Hall–Kier alpha value is -0.220. The Morgan fingerprint density at radius 2 is 1.64 bits per heavy atom. The van der Waals surface area contributed by atoms with Crippen LogP contribution in [0.1, 0.15) is 20.8 Å². The van der Waals surface area contributed by atoms with Crippen molar-refractivity contribution in [2.45, 2.75) is 32.1 Å². The number of hydrogen-bond donors (Lipinski definition) is 1. The van der Waals surface area contributed by atoms with Crippen LogP contribution in [-0.4, -0.2) is 53.2 Å². The molecule has 1 aliphatic rings. The minimum Gasteiger partial charge on any atom is -0.339 e. The van der Waals surface area contributed by atoms with E-state index in [0.29, 0.717) is 6.04 Å². The molecule has 14 heavy (non-hydrogen) atoms. The summed E-state index contributed by atoms with van der Waals surface area (Å²) in [6.45, 7) is 9.90. The summed E-state index contributed by atoms with van der Waals surface area (Å²) in [5.74, 6) is 0.164. The van der Waals surface area contributed by atoms with Crippen LogP contribution in [0.3, 0.4) is 0 Å². The average molecular weight is 216 g/mol. The molecule has 0 aromatic rings. The summed E-state index contributed by atoms with van der Waals surface area (Å²) in [4.78, 5) is 15.9. The lowest BCUT2D eigenvalue weighted by Gasteiger charge is -2.37. The van der Waals surface area contributed by atoms with E-state index in [4.69, 9.17) is 0 Å². The van der Waals surface area contributed by atoms with Gasteiger partial charge < -0.3 is 4.90 Å². The van der Waals surface area contributed by atoms with Gasteiger partial charge in [-0.1, -0.05) is 0 Å². The molecule has 1 aliphatic heterocycles. The molecule has 1 fully saturated rings. The normalized spacial score (nSPS) is 21.4. The molecular weight excluding hydrogens is 196 g/mol. The van der Waals surface area contributed by atoms with E-state index in [0.717, 1.165) is 26.2 Å². The first-order chi connectivity index (χ1) is 6.52. The summed E-state index contributed by atoms with van der Waals surface area (Å²) in [6.07, 6.45) is 0. The van der Waals surface area contributed by atoms with Crippen LogP contribution in [0.4, 0.5) is 0 Å². The number of carbonyl (C=O) groups excluding carboxylic acids is 1. The number of amides is 1. The molecule has 0 spiro atoms. The molecule has 0 aromatic heterocycles. The lowest BCUT2D eigenvalue weighted by atomic mass is 10.2. The summed E-state index contributed by atoms with van der Waals surface area (Å²) in [6, 6.07) is 0.584. The molecule has 1 saturated heterocycles. The zero-order valence-corrected chi connectivity index (χ0v) is 10.1. The van der Waals surface area contributed by atoms with Gasteiger partial charge in [-0.2, -0.15) is 12.6 Å². The first kappa shape index (κ1) is 11.9. The number of thiol groups is 1. The average Bonchev–Trinajstić information content (AvgIpc) is 2.16. The van der Waals surface area contributed by atoms with E-state index < -0.39 is 0 Å². The number of rotatable bonds is 2. The van der Waals surface area contributed by atoms with Crippen LogP contribution in [0.2, 0.25) is 0 Å². The molecule has 0 aliphatic carbocycles. The Morgan fingerprint density at radius 3 is 2.00 bits per heavy atom. The smallest absolute Gasteiger partial charge is 0.235 e. The SMILES string of the molecule is CC(S)C(=O)N1CCN(C(C)C)CC1. The number of hydrogen-bond acceptors (Lipinski definition) is 3. The highest BCUT2D eigenvalue weighted by atomic mass is 32.1. The van der Waals surface area contributed by atoms with Crippen molar-refractivity contribution in [2.24, 2.45) is 0 Å². The highest BCUT2D eigenvalue weighted by Crippen LogP contribution is 2.08. The third kappa shape index (κ3) is 2.89. The van der Waals surface area contributed by atoms with Gasteiger partial charge in [0.05, 0.1) is 5.25 Å². The van der Waals surface area contributed by atoms with Gasteiger partial charge in [-0.15, -0.1) is 0 Å². The van der Waals surface area contributed by atoms with Crippen molar-refractivity contribution >= 4 is 18.5 Å². The van der Waals surface area contributed by atoms with E-state index in [-0.39, 0.29) is 11.2 Å². The maximum absolute atomic E-state index is 11.6. The zero-order chi connectivity index (χ0) is 10.7. The second-order valence-electron chi connectivity index (χ2n) is 4.13. The molecule has 0 N–H and O–H groups in total. The minimum absolute atomic E-state index is 0.164. The number of piperazine rings is 1. The van der Waals surface area contributed by atoms with Gasteiger partial charge in [0.2, 0.25) is 5.91 Å². The lowest BCUT2D eigenvalue weighted by Crippen LogP contribution is -2.52. The molecule has 4 heteroatoms. The minimum atomic E-state index is -0.166. The second kappa shape index (κ2) is 5.03. The number of nitrogens with zero attached hydrogens (tertiary/aromatic N) is 2. The molecule has 1 amide bonds. The van der Waals surface area contributed by atoms with E-state index in [1.54, 1.807) is 0 Å². The van der Waals surface area contributed by atoms with Crippen molar-refractivity contribution in [1.82, 2.24) is 9.80 Å². The first-order valence-electron chi connectivity index (χ1n) is 5.23. The van der Waals surface area contributed by atoms with Gasteiger partial charge in [0.15, 0.2) is 0 Å². The third-order valence-electron chi connectivity index (χ3n) is 2.71. The van der Waals surface area contributed by atoms with Gasteiger partial charge >= 0.3 is 0 Å². The van der Waals surface area contributed by atoms with E-state index in [2.05, 4.69) is 31.4 Å². The molecular formula is C10H20N2OS. The molecule has 0 saturated carbocycles. The van der Waals surface area contributed by atoms with Crippen molar-refractivity contribution in [3.8, 4) is 0 Å². The van der Waals surface area contributed by atoms with Crippen molar-refractivity contribution < 1.29 is 4.79 Å². The predicted octanol–water partition coefficient (Wildman–Crippen LogP) is 0.857. The van der Waals surface area contributed by atoms with Crippen molar-refractivity contribution in [1.29, 1.82) is 0 Å². The Kier molecular flexibility index (Phi) is 4.26. The van der Waals surface area contributed by atoms with E-state index in [1.165, 1.54) is 0 Å². The van der Waals surface area contributed by atoms with Crippen molar-refractivity contribution in [3.05, 3.63) is 0 Å². The second-order valence-corrected chi connectivity index (χ2v) is 4.91. The van der Waals surface area contributed by atoms with E-state index >= 15 is 0 Å². The Morgan fingerprint density at radius 1 is 1.14 bits per heavy atom. The van der Waals surface area contributed by atoms with E-state index in [9.17, 15) is 4.79 Å². The van der Waals surface area contributed by atoms with Crippen LogP contribution in [0.5, 0.6) is 0 Å². The van der Waals surface area contributed by atoms with Gasteiger partial charge in [-0.05, 0) is 20.8 Å². The largest absolute Gasteiger partial charge is 0.339 e. The zero-order valence-electron chi connectivity index (χ0n) is 9.23. The fourth-order valence-corrected chi connectivity index (χ4v) is 1.89. The van der Waals surface area contributed by atoms with Crippen molar-refractivity contribution in [3.63, 3.8) is 0 Å². The summed E-state index contributed by atoms with van der Waals surface area (Å²) < 4.78 is 0. The number of carbonyl (C=O) groups is 1. The predicted molar refractivity (Wildman–Crippen MR) is 61.7 cm³/mol. The van der Waals surface area contributed by atoms with Gasteiger partial charge in [-0.3, -0.25) is 9.69 Å². The summed E-state index contributed by atoms with van der Waals surface area (Å²) in [5, 5.41) is -0.166. The quantitative estimate of drug-likeness (QED) is 0.692. The fraction of sp³-hybridized carbons (Fsp3) is 0.900. The van der Waals surface area contributed by atoms with Crippen LogP contribution in [0, 0.1) is 0 Å². The summed E-state index contributed by atoms with van der Waals surface area (Å²) in [7, 11) is 0. The Balaban J connectivity index is 2.39. The first-order valence-corrected chi connectivity index (χ1v) is 5.75. The standard InChI is InChI=1S/C10H20N2OS/c1-8(2)11-4-6-12(7-5-11)10(13)9(3)14/h8-9,14H,4-7H2,1-3H3. The molecule has 1 rings (SSSR count). The molecule has 0 aromatic carbocycles. The van der Waals surface area contributed by atoms with E-state index in [1.807, 2.05) is 11.8 Å². The highest BCUT2D eigenvalue weighted by molar-refractivity contribution is 7.81. The maximum Gasteiger partial charge on any atom is 0.235 e. The van der Waals surface area contributed by atoms with Crippen LogP contribution >= 0.6 is 12.6 Å². The van der Waals surface area contributed by atoms with Gasteiger partial charge in [0.25, 0.3) is 0 Å². The van der Waals surface area contributed by atoms with Crippen molar-refractivity contribution in [2.75, 3.05) is 26.2 Å². The lowest BCUT2D eigenvalue weighted by molar-refractivity contribution is -0.132. The summed E-state index contributed by atoms with van der Waals surface area (Å²) in [5.41, 5.74) is 0. The third-order valence-corrected chi connectivity index (χ3v) is 2.93. The Labute approximate surface area is 91.9 Å². The monoisotopic (exact) mass is 216 g/mol. The van der Waals surface area contributed by atoms with Gasteiger partial charge in [0, 0.05) is 32.2 Å². The van der Waals surface area contributed by atoms with Crippen LogP contribution in [0.15, 0.2) is 0 Å². The van der Waals surface area contributed by atoms with Gasteiger partial charge in [0.1, 0.15) is 0 Å². The maximum atomic E-state index is 11.6. The van der Waals surface area contributed by atoms with Crippen LogP contribution < -0.4 is 0 Å². The highest BCUT2D eigenvalue weighted by Gasteiger charge is 2.23. The Bertz CT molecular complexity index is 198. The molecule has 3 nitrogen and oxygen atoms in total. The molecule has 1 unspecified atom stereocenters.